The van der Waals surface area contributed by atoms with E-state index in [2.05, 4.69) is 4.74 Å². The maximum absolute atomic E-state index is 11.4. The van der Waals surface area contributed by atoms with E-state index in [1.54, 1.807) is 0 Å². The highest BCUT2D eigenvalue weighted by molar-refractivity contribution is 7.88. The first kappa shape index (κ1) is 14.1. The van der Waals surface area contributed by atoms with Crippen LogP contribution >= 0.6 is 0 Å². The van der Waals surface area contributed by atoms with Gasteiger partial charge in [-0.2, -0.15) is 4.31 Å². The first-order valence-corrected chi connectivity index (χ1v) is 7.16. The Bertz CT molecular complexity index is 416. The van der Waals surface area contributed by atoms with Crippen molar-refractivity contribution in [2.45, 2.75) is 18.9 Å². The number of ether oxygens (including phenoxy) is 1. The van der Waals surface area contributed by atoms with Crippen molar-refractivity contribution in [3.63, 3.8) is 0 Å². The molecule has 0 fully saturated rings. The van der Waals surface area contributed by atoms with Gasteiger partial charge >= 0.3 is 5.97 Å². The second kappa shape index (κ2) is 5.61. The summed E-state index contributed by atoms with van der Waals surface area (Å²) in [5.41, 5.74) is 6.49. The standard InChI is InChI=1S/C10H18N2O4S/c1-16-10(13)9(11)6-8-4-3-5-12(7-8)17(2,14)15/h4,9H,3,5-7,11H2,1-2H3/t9-/m0/s1. The Morgan fingerprint density at radius 2 is 2.29 bits per heavy atom. The lowest BCUT2D eigenvalue weighted by molar-refractivity contribution is -0.142. The van der Waals surface area contributed by atoms with Gasteiger partial charge in [0.05, 0.1) is 13.4 Å². The summed E-state index contributed by atoms with van der Waals surface area (Å²) in [4.78, 5) is 11.2. The van der Waals surface area contributed by atoms with Crippen molar-refractivity contribution in [1.29, 1.82) is 0 Å². The highest BCUT2D eigenvalue weighted by Gasteiger charge is 2.23. The van der Waals surface area contributed by atoms with Gasteiger partial charge < -0.3 is 10.5 Å². The molecule has 17 heavy (non-hydrogen) atoms. The fourth-order valence-corrected chi connectivity index (χ4v) is 2.57. The molecule has 0 amide bonds. The van der Waals surface area contributed by atoms with E-state index in [0.717, 1.165) is 5.57 Å². The third kappa shape index (κ3) is 4.10. The summed E-state index contributed by atoms with van der Waals surface area (Å²) in [6.07, 6.45) is 4.09. The third-order valence-corrected chi connectivity index (χ3v) is 3.90. The maximum Gasteiger partial charge on any atom is 0.322 e. The monoisotopic (exact) mass is 262 g/mol. The average molecular weight is 262 g/mol. The zero-order valence-electron chi connectivity index (χ0n) is 10.0. The van der Waals surface area contributed by atoms with Crippen LogP contribution in [-0.2, 0) is 19.6 Å². The van der Waals surface area contributed by atoms with Crippen LogP contribution in [0.3, 0.4) is 0 Å². The lowest BCUT2D eigenvalue weighted by Crippen LogP contribution is -2.38. The molecule has 0 saturated carbocycles. The highest BCUT2D eigenvalue weighted by Crippen LogP contribution is 2.16. The molecule has 7 heteroatoms. The molecule has 2 N–H and O–H groups in total. The van der Waals surface area contributed by atoms with Crippen LogP contribution in [0.5, 0.6) is 0 Å². The molecule has 0 aromatic carbocycles. The molecule has 0 aromatic heterocycles. The second-order valence-electron chi connectivity index (χ2n) is 4.08. The van der Waals surface area contributed by atoms with Crippen molar-refractivity contribution in [1.82, 2.24) is 4.31 Å². The average Bonchev–Trinajstić information content (AvgIpc) is 2.27. The minimum Gasteiger partial charge on any atom is -0.468 e. The quantitative estimate of drug-likeness (QED) is 0.543. The van der Waals surface area contributed by atoms with Crippen molar-refractivity contribution in [2.75, 3.05) is 26.5 Å². The fourth-order valence-electron chi connectivity index (χ4n) is 1.73. The fraction of sp³-hybridized carbons (Fsp3) is 0.700. The van der Waals surface area contributed by atoms with Crippen LogP contribution < -0.4 is 5.73 Å². The Labute approximate surface area is 101 Å². The number of methoxy groups -OCH3 is 1. The molecule has 1 aliphatic rings. The number of carbonyl (C=O) groups is 1. The van der Waals surface area contributed by atoms with Gasteiger partial charge in [0.25, 0.3) is 0 Å². The van der Waals surface area contributed by atoms with E-state index in [1.807, 2.05) is 6.08 Å². The Hall–Kier alpha value is -0.920. The third-order valence-electron chi connectivity index (χ3n) is 2.65. The summed E-state index contributed by atoms with van der Waals surface area (Å²) >= 11 is 0. The topological polar surface area (TPSA) is 89.7 Å². The number of hydrogen-bond acceptors (Lipinski definition) is 5. The smallest absolute Gasteiger partial charge is 0.322 e. The van der Waals surface area contributed by atoms with E-state index in [-0.39, 0.29) is 0 Å². The first-order valence-electron chi connectivity index (χ1n) is 5.31. The minimum atomic E-state index is -3.18. The van der Waals surface area contributed by atoms with E-state index in [9.17, 15) is 13.2 Å². The largest absolute Gasteiger partial charge is 0.468 e. The minimum absolute atomic E-state index is 0.309. The predicted octanol–water partition coefficient (Wildman–Crippen LogP) is -0.531. The van der Waals surface area contributed by atoms with Gasteiger partial charge in [0.1, 0.15) is 6.04 Å². The molecular weight excluding hydrogens is 244 g/mol. The molecule has 6 nitrogen and oxygen atoms in total. The summed E-state index contributed by atoms with van der Waals surface area (Å²) in [6.45, 7) is 0.791. The number of rotatable bonds is 4. The Kier molecular flexibility index (Phi) is 4.67. The van der Waals surface area contributed by atoms with Gasteiger partial charge in [-0.1, -0.05) is 11.6 Å². The molecule has 0 aromatic rings. The van der Waals surface area contributed by atoms with Crippen LogP contribution in [0.15, 0.2) is 11.6 Å². The Morgan fingerprint density at radius 1 is 1.65 bits per heavy atom. The van der Waals surface area contributed by atoms with E-state index in [1.165, 1.54) is 17.7 Å². The van der Waals surface area contributed by atoms with Crippen LogP contribution in [0.1, 0.15) is 12.8 Å². The summed E-state index contributed by atoms with van der Waals surface area (Å²) in [5.74, 6) is -0.484. The second-order valence-corrected chi connectivity index (χ2v) is 6.06. The summed E-state index contributed by atoms with van der Waals surface area (Å²) in [7, 11) is -1.91. The molecule has 1 atom stereocenters. The van der Waals surface area contributed by atoms with E-state index < -0.39 is 22.0 Å². The number of nitrogens with two attached hydrogens (primary N) is 1. The van der Waals surface area contributed by atoms with Crippen molar-refractivity contribution < 1.29 is 17.9 Å². The first-order chi connectivity index (χ1) is 7.84. The van der Waals surface area contributed by atoms with Gasteiger partial charge in [0.2, 0.25) is 10.0 Å². The number of sulfonamides is 1. The number of hydrogen-bond donors (Lipinski definition) is 1. The molecule has 1 rings (SSSR count). The van der Waals surface area contributed by atoms with Crippen molar-refractivity contribution in [3.8, 4) is 0 Å². The number of esters is 1. The molecule has 98 valence electrons. The normalized spacial score (nSPS) is 19.6. The molecular formula is C10H18N2O4S. The predicted molar refractivity (Wildman–Crippen MR) is 63.7 cm³/mol. The zero-order valence-corrected chi connectivity index (χ0v) is 10.9. The van der Waals surface area contributed by atoms with Crippen LogP contribution in [0.4, 0.5) is 0 Å². The zero-order chi connectivity index (χ0) is 13.1. The molecule has 1 heterocycles. The van der Waals surface area contributed by atoms with Gasteiger partial charge in [-0.25, -0.2) is 8.42 Å². The van der Waals surface area contributed by atoms with Crippen molar-refractivity contribution >= 4 is 16.0 Å². The van der Waals surface area contributed by atoms with Gasteiger partial charge in [0, 0.05) is 13.1 Å². The number of nitrogens with zero attached hydrogens (tertiary/aromatic N) is 1. The highest BCUT2D eigenvalue weighted by atomic mass is 32.2. The summed E-state index contributed by atoms with van der Waals surface area (Å²) in [6, 6.07) is -0.731. The molecule has 0 unspecified atom stereocenters. The van der Waals surface area contributed by atoms with Gasteiger partial charge in [0.15, 0.2) is 0 Å². The molecule has 0 bridgehead atoms. The summed E-state index contributed by atoms with van der Waals surface area (Å²) in [5, 5.41) is 0. The van der Waals surface area contributed by atoms with Crippen LogP contribution in [0.2, 0.25) is 0 Å². The van der Waals surface area contributed by atoms with Crippen LogP contribution in [0.25, 0.3) is 0 Å². The van der Waals surface area contributed by atoms with E-state index >= 15 is 0 Å². The van der Waals surface area contributed by atoms with E-state index in [0.29, 0.717) is 25.9 Å². The van der Waals surface area contributed by atoms with E-state index in [4.69, 9.17) is 5.73 Å². The molecule has 0 spiro atoms. The SMILES string of the molecule is COC(=O)[C@@H](N)CC1=CCCN(S(C)(=O)=O)C1. The Morgan fingerprint density at radius 3 is 2.82 bits per heavy atom. The van der Waals surface area contributed by atoms with Crippen molar-refractivity contribution in [3.05, 3.63) is 11.6 Å². The van der Waals surface area contributed by atoms with Gasteiger partial charge in [-0.15, -0.1) is 0 Å². The van der Waals surface area contributed by atoms with Crippen LogP contribution in [0, 0.1) is 0 Å². The lowest BCUT2D eigenvalue weighted by Gasteiger charge is -2.26. The van der Waals surface area contributed by atoms with Crippen molar-refractivity contribution in [2.24, 2.45) is 5.73 Å². The maximum atomic E-state index is 11.4. The van der Waals surface area contributed by atoms with Crippen LogP contribution in [-0.4, -0.2) is 51.2 Å². The lowest BCUT2D eigenvalue weighted by atomic mass is 10.0. The summed E-state index contributed by atoms with van der Waals surface area (Å²) < 4.78 is 28.7. The van der Waals surface area contributed by atoms with Gasteiger partial charge in [-0.3, -0.25) is 4.79 Å². The molecule has 0 saturated heterocycles. The molecule has 0 aliphatic carbocycles. The molecule has 0 radical (unpaired) electrons. The number of carbonyl (C=O) groups excluding carboxylic acids is 1. The van der Waals surface area contributed by atoms with Gasteiger partial charge in [-0.05, 0) is 12.8 Å². The Balaban J connectivity index is 2.62. The molecule has 1 aliphatic heterocycles.